The van der Waals surface area contributed by atoms with Crippen molar-refractivity contribution in [3.8, 4) is 29.0 Å². The van der Waals surface area contributed by atoms with Gasteiger partial charge in [0.2, 0.25) is 0 Å². The van der Waals surface area contributed by atoms with Crippen LogP contribution in [0.15, 0.2) is 12.1 Å². The molecule has 0 amide bonds. The van der Waals surface area contributed by atoms with Gasteiger partial charge in [0.05, 0.1) is 38.4 Å². The van der Waals surface area contributed by atoms with Gasteiger partial charge in [-0.25, -0.2) is 13.2 Å². The Labute approximate surface area is 264 Å². The van der Waals surface area contributed by atoms with Crippen molar-refractivity contribution in [3.63, 3.8) is 0 Å². The van der Waals surface area contributed by atoms with Gasteiger partial charge in [0.25, 0.3) is 0 Å². The Kier molecular flexibility index (Phi) is 6.73. The summed E-state index contributed by atoms with van der Waals surface area (Å²) in [6.07, 6.45) is 1.43. The van der Waals surface area contributed by atoms with Gasteiger partial charge in [-0.3, -0.25) is 4.90 Å². The summed E-state index contributed by atoms with van der Waals surface area (Å²) in [6.45, 7) is 1.84. The van der Waals surface area contributed by atoms with Crippen LogP contribution in [-0.4, -0.2) is 76.7 Å². The molecule has 4 aliphatic heterocycles. The minimum absolute atomic E-state index is 0.0217. The van der Waals surface area contributed by atoms with Crippen LogP contribution in [0.3, 0.4) is 0 Å². The van der Waals surface area contributed by atoms with Gasteiger partial charge >= 0.3 is 6.01 Å². The number of piperidine rings is 1. The van der Waals surface area contributed by atoms with Crippen LogP contribution in [-0.2, 0) is 0 Å². The fourth-order valence-corrected chi connectivity index (χ4v) is 8.96. The molecule has 4 aliphatic rings. The molecule has 45 heavy (non-hydrogen) atoms. The van der Waals surface area contributed by atoms with Gasteiger partial charge in [0, 0.05) is 30.5 Å². The van der Waals surface area contributed by atoms with Crippen LogP contribution in [0.1, 0.15) is 37.7 Å². The van der Waals surface area contributed by atoms with Crippen LogP contribution in [0.25, 0.3) is 32.1 Å². The molecule has 3 fully saturated rings. The third-order valence-electron chi connectivity index (χ3n) is 9.75. The molecule has 8 rings (SSSR count). The number of nitrogens with zero attached hydrogens (tertiary/aromatic N) is 5. The summed E-state index contributed by atoms with van der Waals surface area (Å²) in [4.78, 5) is 13.4. The predicted octanol–water partition coefficient (Wildman–Crippen LogP) is 5.57. The highest BCUT2D eigenvalue weighted by Gasteiger charge is 2.49. The molecule has 0 spiro atoms. The molecule has 4 aromatic rings. The van der Waals surface area contributed by atoms with E-state index in [2.05, 4.69) is 9.88 Å². The number of thiophene rings is 1. The average Bonchev–Trinajstić information content (AvgIpc) is 3.62. The second-order valence-electron chi connectivity index (χ2n) is 12.3. The van der Waals surface area contributed by atoms with Crippen molar-refractivity contribution in [2.45, 2.75) is 56.0 Å². The van der Waals surface area contributed by atoms with E-state index in [0.29, 0.717) is 38.2 Å². The smallest absolute Gasteiger partial charge is 0.319 e. The Bertz CT molecular complexity index is 1940. The zero-order valence-electron chi connectivity index (χ0n) is 24.0. The molecular weight excluding hydrogens is 629 g/mol. The van der Waals surface area contributed by atoms with E-state index >= 15 is 4.39 Å². The number of alkyl halides is 1. The highest BCUT2D eigenvalue weighted by atomic mass is 35.5. The molecule has 2 unspecified atom stereocenters. The third-order valence-corrected chi connectivity index (χ3v) is 11.1. The Hall–Kier alpha value is -3.57. The molecular formula is C31H28ClF3N6O3S. The first-order valence-corrected chi connectivity index (χ1v) is 16.1. The van der Waals surface area contributed by atoms with Gasteiger partial charge in [-0.05, 0) is 43.9 Å². The van der Waals surface area contributed by atoms with Crippen molar-refractivity contribution < 1.29 is 27.8 Å². The van der Waals surface area contributed by atoms with Gasteiger partial charge in [0.15, 0.2) is 11.6 Å². The third kappa shape index (κ3) is 4.33. The number of nitriles is 1. The first-order valence-electron chi connectivity index (χ1n) is 14.9. The summed E-state index contributed by atoms with van der Waals surface area (Å²) < 4.78 is 58.9. The molecule has 234 valence electrons. The van der Waals surface area contributed by atoms with E-state index in [9.17, 15) is 19.1 Å². The fraction of sp³-hybridized carbons (Fsp3) is 0.452. The largest absolute Gasteiger partial charge is 0.489 e. The second-order valence-corrected chi connectivity index (χ2v) is 13.8. The minimum Gasteiger partial charge on any atom is -0.489 e. The fourth-order valence-electron chi connectivity index (χ4n) is 7.68. The molecule has 14 heteroatoms. The Morgan fingerprint density at radius 2 is 2.11 bits per heavy atom. The van der Waals surface area contributed by atoms with Gasteiger partial charge < -0.3 is 25.2 Å². The number of aliphatic hydroxyl groups excluding tert-OH is 1. The maximum atomic E-state index is 17.0. The number of nitrogens with two attached hydrogens (primary N) is 1. The van der Waals surface area contributed by atoms with E-state index in [1.807, 2.05) is 11.0 Å². The van der Waals surface area contributed by atoms with Crippen LogP contribution >= 0.6 is 22.9 Å². The number of aromatic nitrogens is 2. The molecule has 3 N–H and O–H groups in total. The van der Waals surface area contributed by atoms with Crippen molar-refractivity contribution in [1.29, 1.82) is 5.26 Å². The molecule has 6 heterocycles. The van der Waals surface area contributed by atoms with Crippen molar-refractivity contribution >= 4 is 54.7 Å². The normalized spacial score (nSPS) is 26.0. The van der Waals surface area contributed by atoms with Crippen LogP contribution < -0.4 is 20.1 Å². The Balaban J connectivity index is 1.34. The molecule has 3 saturated heterocycles. The maximum absolute atomic E-state index is 17.0. The average molecular weight is 657 g/mol. The van der Waals surface area contributed by atoms with Crippen molar-refractivity contribution in [2.75, 3.05) is 43.5 Å². The maximum Gasteiger partial charge on any atom is 0.319 e. The summed E-state index contributed by atoms with van der Waals surface area (Å²) in [5, 5.41) is 20.8. The number of ether oxygens (including phenoxy) is 2. The van der Waals surface area contributed by atoms with Gasteiger partial charge in [-0.2, -0.15) is 15.2 Å². The number of nitrogen functional groups attached to an aromatic ring is 1. The first-order chi connectivity index (χ1) is 21.7. The number of fused-ring (bicyclic) bond motifs is 4. The van der Waals surface area contributed by atoms with E-state index in [1.54, 1.807) is 0 Å². The molecule has 0 aliphatic carbocycles. The van der Waals surface area contributed by atoms with Crippen LogP contribution in [0.4, 0.5) is 24.0 Å². The number of halogens is 4. The van der Waals surface area contributed by atoms with E-state index in [4.69, 9.17) is 31.8 Å². The molecule has 0 bridgehead atoms. The van der Waals surface area contributed by atoms with E-state index in [-0.39, 0.29) is 78.7 Å². The monoisotopic (exact) mass is 656 g/mol. The molecule has 2 aromatic carbocycles. The molecule has 0 saturated carbocycles. The number of benzene rings is 2. The summed E-state index contributed by atoms with van der Waals surface area (Å²) >= 11 is 7.87. The van der Waals surface area contributed by atoms with E-state index < -0.39 is 29.4 Å². The Morgan fingerprint density at radius 3 is 2.93 bits per heavy atom. The molecule has 9 nitrogen and oxygen atoms in total. The summed E-state index contributed by atoms with van der Waals surface area (Å²) in [5.41, 5.74) is 5.54. The number of hydrogen-bond acceptors (Lipinski definition) is 10. The summed E-state index contributed by atoms with van der Waals surface area (Å²) in [7, 11) is 0. The quantitative estimate of drug-likeness (QED) is 0.290. The zero-order chi connectivity index (χ0) is 31.2. The summed E-state index contributed by atoms with van der Waals surface area (Å²) in [5.74, 6) is -0.913. The number of aliphatic hydroxyl groups is 1. The first kappa shape index (κ1) is 28.9. The lowest BCUT2D eigenvalue weighted by Crippen LogP contribution is -2.47. The number of hydrogen-bond donors (Lipinski definition) is 2. The zero-order valence-corrected chi connectivity index (χ0v) is 25.5. The molecule has 0 radical (unpaired) electrons. The summed E-state index contributed by atoms with van der Waals surface area (Å²) in [6, 6.07) is 4.20. The topological polar surface area (TPSA) is 121 Å². The lowest BCUT2D eigenvalue weighted by Gasteiger charge is -2.37. The van der Waals surface area contributed by atoms with Crippen molar-refractivity contribution in [3.05, 3.63) is 34.4 Å². The van der Waals surface area contributed by atoms with Gasteiger partial charge in [0.1, 0.15) is 47.6 Å². The van der Waals surface area contributed by atoms with E-state index in [1.165, 1.54) is 12.1 Å². The second kappa shape index (κ2) is 10.5. The molecule has 2 aromatic heterocycles. The predicted molar refractivity (Wildman–Crippen MR) is 165 cm³/mol. The lowest BCUT2D eigenvalue weighted by molar-refractivity contribution is 0.107. The highest BCUT2D eigenvalue weighted by molar-refractivity contribution is 7.23. The van der Waals surface area contributed by atoms with Crippen LogP contribution in [0, 0.1) is 23.0 Å². The highest BCUT2D eigenvalue weighted by Crippen LogP contribution is 2.51. The number of rotatable bonds is 4. The van der Waals surface area contributed by atoms with E-state index in [0.717, 1.165) is 30.7 Å². The Morgan fingerprint density at radius 1 is 1.27 bits per heavy atom. The van der Waals surface area contributed by atoms with Crippen LogP contribution in [0.2, 0.25) is 5.02 Å². The van der Waals surface area contributed by atoms with Crippen LogP contribution in [0.5, 0.6) is 11.8 Å². The SMILES string of the molecule is N#Cc1c(N)sc2c(F)ccc(-c3c(Cl)c4c5c(nc(OC[C@@]67CCCN6C[C@H](F)C7)nc5c3F)N3CCC(O)CC3CO4)c12. The molecule has 4 atom stereocenters. The lowest BCUT2D eigenvalue weighted by atomic mass is 9.95. The van der Waals surface area contributed by atoms with Gasteiger partial charge in [-0.1, -0.05) is 17.7 Å². The minimum atomic E-state index is -0.949. The standard InChI is InChI=1S/C31H28ClF3N6O3S/c32-23-21(17-2-3-19(34)27-20(17)18(10-36)28(37)45-27)24(35)25-22-26(23)43-12-15-8-16(42)4-7-41(15)29(22)39-30(38-25)44-13-31-5-1-6-40(31)11-14(33)9-31/h2-3,14-16,42H,1,4-9,11-13,37H2/t14-,15?,16?,31+/m1/s1. The van der Waals surface area contributed by atoms with Gasteiger partial charge in [-0.15, -0.1) is 11.3 Å². The number of anilines is 2. The van der Waals surface area contributed by atoms with Crippen molar-refractivity contribution in [1.82, 2.24) is 14.9 Å². The van der Waals surface area contributed by atoms with Crippen molar-refractivity contribution in [2.24, 2.45) is 0 Å².